The third-order valence-corrected chi connectivity index (χ3v) is 7.60. The number of fused-ring (bicyclic) bond motifs is 1. The van der Waals surface area contributed by atoms with E-state index in [-0.39, 0.29) is 17.7 Å². The molecule has 2 saturated heterocycles. The van der Waals surface area contributed by atoms with Crippen LogP contribution in [0.1, 0.15) is 65.2 Å². The van der Waals surface area contributed by atoms with Gasteiger partial charge in [0, 0.05) is 29.6 Å². The van der Waals surface area contributed by atoms with Gasteiger partial charge in [0.25, 0.3) is 11.8 Å². The lowest BCUT2D eigenvalue weighted by Crippen LogP contribution is -2.48. The van der Waals surface area contributed by atoms with E-state index in [2.05, 4.69) is 36.6 Å². The number of amides is 4. The van der Waals surface area contributed by atoms with Gasteiger partial charge in [0.15, 0.2) is 0 Å². The molecule has 4 amide bonds. The Kier molecular flexibility index (Phi) is 5.66. The summed E-state index contributed by atoms with van der Waals surface area (Å²) in [6, 6.07) is 10.9. The summed E-state index contributed by atoms with van der Waals surface area (Å²) >= 11 is 0. The maximum Gasteiger partial charge on any atom is 0.322 e. The summed E-state index contributed by atoms with van der Waals surface area (Å²) in [5.74, 6) is -0.173. The number of rotatable bonds is 4. The van der Waals surface area contributed by atoms with E-state index in [0.29, 0.717) is 30.1 Å². The zero-order valence-electron chi connectivity index (χ0n) is 20.6. The Morgan fingerprint density at radius 1 is 1.09 bits per heavy atom. The minimum Gasteiger partial charge on any atom is -0.464 e. The molecule has 2 aliphatic heterocycles. The molecule has 0 saturated carbocycles. The van der Waals surface area contributed by atoms with Gasteiger partial charge in [-0.1, -0.05) is 32.0 Å². The van der Waals surface area contributed by atoms with Gasteiger partial charge in [-0.3, -0.25) is 14.9 Å². The standard InChI is InChI=1S/C28H31N3O4/c1-16(2)28(26(33)29-27(34)30-28)21-7-5-20(6-8-21)25(32)31-11-9-19(10-12-31)23-15-35-24-18(4)13-17(3)14-22(23)24/h5-8,13-16,19H,9-12H2,1-4H3,(H2,29,30,33,34). The van der Waals surface area contributed by atoms with Crippen molar-refractivity contribution < 1.29 is 18.8 Å². The number of urea groups is 1. The van der Waals surface area contributed by atoms with E-state index in [9.17, 15) is 14.4 Å². The van der Waals surface area contributed by atoms with E-state index >= 15 is 0 Å². The van der Waals surface area contributed by atoms with Crippen molar-refractivity contribution in [2.75, 3.05) is 13.1 Å². The van der Waals surface area contributed by atoms with Crippen LogP contribution in [0.3, 0.4) is 0 Å². The third-order valence-electron chi connectivity index (χ3n) is 7.60. The number of likely N-dealkylation sites (tertiary alicyclic amines) is 1. The van der Waals surface area contributed by atoms with Crippen LogP contribution in [0.5, 0.6) is 0 Å². The van der Waals surface area contributed by atoms with Crippen molar-refractivity contribution in [2.24, 2.45) is 5.92 Å². The lowest BCUT2D eigenvalue weighted by molar-refractivity contribution is -0.125. The number of imide groups is 1. The maximum absolute atomic E-state index is 13.2. The number of carbonyl (C=O) groups excluding carboxylic acids is 3. The van der Waals surface area contributed by atoms with Crippen molar-refractivity contribution in [3.8, 4) is 0 Å². The lowest BCUT2D eigenvalue weighted by atomic mass is 9.79. The minimum absolute atomic E-state index is 0.0164. The molecule has 35 heavy (non-hydrogen) atoms. The van der Waals surface area contributed by atoms with Crippen molar-refractivity contribution in [2.45, 2.75) is 52.0 Å². The number of carbonyl (C=O) groups is 3. The van der Waals surface area contributed by atoms with Gasteiger partial charge in [0.1, 0.15) is 11.1 Å². The summed E-state index contributed by atoms with van der Waals surface area (Å²) in [7, 11) is 0. The fraction of sp³-hybridized carbons (Fsp3) is 0.393. The Morgan fingerprint density at radius 3 is 2.37 bits per heavy atom. The third kappa shape index (κ3) is 3.79. The van der Waals surface area contributed by atoms with Gasteiger partial charge in [-0.25, -0.2) is 4.79 Å². The molecule has 0 spiro atoms. The molecule has 3 heterocycles. The molecule has 2 fully saturated rings. The van der Waals surface area contributed by atoms with Crippen LogP contribution in [-0.4, -0.2) is 35.8 Å². The zero-order valence-corrected chi connectivity index (χ0v) is 20.6. The Hall–Kier alpha value is -3.61. The fourth-order valence-electron chi connectivity index (χ4n) is 5.69. The number of nitrogens with one attached hydrogen (secondary N) is 2. The lowest BCUT2D eigenvalue weighted by Gasteiger charge is -2.32. The molecule has 0 aliphatic carbocycles. The quantitative estimate of drug-likeness (QED) is 0.535. The second kappa shape index (κ2) is 8.56. The molecule has 1 atom stereocenters. The Morgan fingerprint density at radius 2 is 1.77 bits per heavy atom. The Bertz CT molecular complexity index is 1320. The van der Waals surface area contributed by atoms with E-state index in [0.717, 1.165) is 24.0 Å². The molecule has 5 rings (SSSR count). The van der Waals surface area contributed by atoms with Gasteiger partial charge < -0.3 is 14.6 Å². The minimum atomic E-state index is -1.12. The van der Waals surface area contributed by atoms with Gasteiger partial charge in [-0.15, -0.1) is 0 Å². The molecular weight excluding hydrogens is 442 g/mol. The number of furan rings is 1. The number of hydrogen-bond donors (Lipinski definition) is 2. The molecule has 0 bridgehead atoms. The van der Waals surface area contributed by atoms with E-state index in [1.165, 1.54) is 16.5 Å². The van der Waals surface area contributed by atoms with E-state index in [1.807, 2.05) is 25.0 Å². The van der Waals surface area contributed by atoms with Crippen LogP contribution in [-0.2, 0) is 10.3 Å². The second-order valence-corrected chi connectivity index (χ2v) is 10.2. The monoisotopic (exact) mass is 473 g/mol. The van der Waals surface area contributed by atoms with E-state index in [4.69, 9.17) is 4.42 Å². The van der Waals surface area contributed by atoms with Crippen LogP contribution in [0.15, 0.2) is 47.1 Å². The van der Waals surface area contributed by atoms with Gasteiger partial charge in [0.05, 0.1) is 6.26 Å². The SMILES string of the molecule is Cc1cc(C)c2occ(C3CCN(C(=O)c4ccc(C5(C(C)C)NC(=O)NC5=O)cc4)CC3)c2c1. The molecule has 2 aromatic carbocycles. The van der Waals surface area contributed by atoms with Crippen LogP contribution in [0.4, 0.5) is 4.79 Å². The first kappa shape index (κ1) is 23.1. The smallest absolute Gasteiger partial charge is 0.322 e. The van der Waals surface area contributed by atoms with E-state index in [1.54, 1.807) is 24.3 Å². The van der Waals surface area contributed by atoms with Crippen molar-refractivity contribution in [3.05, 3.63) is 70.5 Å². The molecule has 1 unspecified atom stereocenters. The van der Waals surface area contributed by atoms with Crippen molar-refractivity contribution in [3.63, 3.8) is 0 Å². The van der Waals surface area contributed by atoms with Gasteiger partial charge in [-0.05, 0) is 73.4 Å². The first-order valence-electron chi connectivity index (χ1n) is 12.2. The highest BCUT2D eigenvalue weighted by Gasteiger charge is 2.50. The molecular formula is C28H31N3O4. The molecule has 2 N–H and O–H groups in total. The largest absolute Gasteiger partial charge is 0.464 e. The van der Waals surface area contributed by atoms with Crippen LogP contribution in [0.25, 0.3) is 11.0 Å². The van der Waals surface area contributed by atoms with Crippen molar-refractivity contribution in [1.29, 1.82) is 0 Å². The summed E-state index contributed by atoms with van der Waals surface area (Å²) in [6.07, 6.45) is 3.66. The summed E-state index contributed by atoms with van der Waals surface area (Å²) in [5.41, 5.74) is 4.69. The summed E-state index contributed by atoms with van der Waals surface area (Å²) in [6.45, 7) is 9.31. The van der Waals surface area contributed by atoms with E-state index < -0.39 is 11.6 Å². The molecule has 182 valence electrons. The predicted octanol–water partition coefficient (Wildman–Crippen LogP) is 4.76. The second-order valence-electron chi connectivity index (χ2n) is 10.2. The number of aryl methyl sites for hydroxylation is 2. The summed E-state index contributed by atoms with van der Waals surface area (Å²) in [4.78, 5) is 39.5. The highest BCUT2D eigenvalue weighted by molar-refractivity contribution is 6.07. The van der Waals surface area contributed by atoms with Crippen LogP contribution in [0, 0.1) is 19.8 Å². The first-order valence-corrected chi connectivity index (χ1v) is 12.2. The highest BCUT2D eigenvalue weighted by atomic mass is 16.3. The maximum atomic E-state index is 13.2. The highest BCUT2D eigenvalue weighted by Crippen LogP contribution is 2.37. The van der Waals surface area contributed by atoms with Gasteiger partial charge in [-0.2, -0.15) is 0 Å². The molecule has 0 radical (unpaired) electrons. The summed E-state index contributed by atoms with van der Waals surface area (Å²) in [5, 5.41) is 6.30. The molecule has 2 aliphatic rings. The number of nitrogens with zero attached hydrogens (tertiary/aromatic N) is 1. The average molecular weight is 474 g/mol. The van der Waals surface area contributed by atoms with Crippen LogP contribution >= 0.6 is 0 Å². The number of piperidine rings is 1. The molecule has 3 aromatic rings. The van der Waals surface area contributed by atoms with Crippen LogP contribution in [0.2, 0.25) is 0 Å². The zero-order chi connectivity index (χ0) is 24.9. The van der Waals surface area contributed by atoms with Gasteiger partial charge >= 0.3 is 6.03 Å². The average Bonchev–Trinajstić information content (AvgIpc) is 3.39. The summed E-state index contributed by atoms with van der Waals surface area (Å²) < 4.78 is 5.89. The first-order chi connectivity index (χ1) is 16.7. The fourth-order valence-corrected chi connectivity index (χ4v) is 5.69. The Balaban J connectivity index is 1.30. The molecule has 7 nitrogen and oxygen atoms in total. The number of benzene rings is 2. The van der Waals surface area contributed by atoms with Gasteiger partial charge in [0.2, 0.25) is 0 Å². The topological polar surface area (TPSA) is 91.7 Å². The van der Waals surface area contributed by atoms with Crippen LogP contribution < -0.4 is 10.6 Å². The van der Waals surface area contributed by atoms with Crippen molar-refractivity contribution >= 4 is 28.8 Å². The molecule has 1 aromatic heterocycles. The Labute approximate surface area is 204 Å². The molecule has 7 heteroatoms. The number of hydrogen-bond acceptors (Lipinski definition) is 4. The predicted molar refractivity (Wildman–Crippen MR) is 133 cm³/mol. The normalized spacial score (nSPS) is 21.0. The van der Waals surface area contributed by atoms with Crippen molar-refractivity contribution in [1.82, 2.24) is 15.5 Å².